The second-order valence-corrected chi connectivity index (χ2v) is 5.37. The highest BCUT2D eigenvalue weighted by Crippen LogP contribution is 2.23. The van der Waals surface area contributed by atoms with E-state index in [-0.39, 0.29) is 12.0 Å². The number of carboxylic acids is 1. The van der Waals surface area contributed by atoms with Crippen LogP contribution in [0.2, 0.25) is 0 Å². The molecule has 6 heteroatoms. The van der Waals surface area contributed by atoms with Crippen molar-refractivity contribution < 1.29 is 9.90 Å². The Morgan fingerprint density at radius 2 is 2.10 bits per heavy atom. The van der Waals surface area contributed by atoms with E-state index >= 15 is 0 Å². The van der Waals surface area contributed by atoms with Gasteiger partial charge < -0.3 is 10.1 Å². The highest BCUT2D eigenvalue weighted by atomic mass is 79.9. The molecule has 20 heavy (non-hydrogen) atoms. The molecule has 1 aromatic carbocycles. The van der Waals surface area contributed by atoms with Crippen molar-refractivity contribution in [1.82, 2.24) is 9.97 Å². The number of aromatic amines is 1. The summed E-state index contributed by atoms with van der Waals surface area (Å²) in [7, 11) is 0. The molecule has 0 fully saturated rings. The number of hydrogen-bond donors (Lipinski definition) is 2. The molecule has 2 rings (SSSR count). The smallest absolute Gasteiger partial charge is 0.308 e. The van der Waals surface area contributed by atoms with Crippen molar-refractivity contribution in [3.05, 3.63) is 49.8 Å². The van der Waals surface area contributed by atoms with E-state index in [1.165, 1.54) is 0 Å². The number of benzene rings is 1. The van der Waals surface area contributed by atoms with Crippen molar-refractivity contribution in [3.63, 3.8) is 0 Å². The molecular formula is C14H13BrN2O3. The summed E-state index contributed by atoms with van der Waals surface area (Å²) >= 11 is 3.43. The zero-order chi connectivity index (χ0) is 14.9. The SMILES string of the molecule is Cc1ccc(-c2nc(C)c(CC(=O)O)c(=O)[nH]2)cc1Br. The molecule has 0 amide bonds. The van der Waals surface area contributed by atoms with Gasteiger partial charge in [0.2, 0.25) is 0 Å². The van der Waals surface area contributed by atoms with Gasteiger partial charge in [-0.05, 0) is 25.5 Å². The fourth-order valence-corrected chi connectivity index (χ4v) is 2.23. The van der Waals surface area contributed by atoms with Crippen molar-refractivity contribution in [2.75, 3.05) is 0 Å². The molecule has 0 unspecified atom stereocenters. The Labute approximate surface area is 123 Å². The average molecular weight is 337 g/mol. The minimum absolute atomic E-state index is 0.187. The maximum absolute atomic E-state index is 12.0. The van der Waals surface area contributed by atoms with Crippen LogP contribution in [-0.2, 0) is 11.2 Å². The van der Waals surface area contributed by atoms with Gasteiger partial charge in [-0.3, -0.25) is 9.59 Å². The van der Waals surface area contributed by atoms with Gasteiger partial charge in [0.25, 0.3) is 5.56 Å². The van der Waals surface area contributed by atoms with Gasteiger partial charge in [-0.2, -0.15) is 0 Å². The first-order chi connectivity index (χ1) is 9.38. The fraction of sp³-hybridized carbons (Fsp3) is 0.214. The van der Waals surface area contributed by atoms with Gasteiger partial charge in [0.1, 0.15) is 5.82 Å². The summed E-state index contributed by atoms with van der Waals surface area (Å²) < 4.78 is 0.921. The maximum atomic E-state index is 12.0. The Bertz CT molecular complexity index is 738. The number of aliphatic carboxylic acids is 1. The lowest BCUT2D eigenvalue weighted by molar-refractivity contribution is -0.136. The lowest BCUT2D eigenvalue weighted by Gasteiger charge is -2.07. The van der Waals surface area contributed by atoms with Gasteiger partial charge >= 0.3 is 5.97 Å². The molecule has 0 bridgehead atoms. The monoisotopic (exact) mass is 336 g/mol. The lowest BCUT2D eigenvalue weighted by atomic mass is 10.1. The van der Waals surface area contributed by atoms with Crippen LogP contribution in [0.15, 0.2) is 27.5 Å². The van der Waals surface area contributed by atoms with Crippen LogP contribution in [-0.4, -0.2) is 21.0 Å². The molecule has 1 aromatic heterocycles. The molecule has 0 aliphatic heterocycles. The summed E-state index contributed by atoms with van der Waals surface area (Å²) in [6.07, 6.45) is -0.327. The summed E-state index contributed by atoms with van der Waals surface area (Å²) in [5.41, 5.74) is 2.06. The molecule has 0 saturated heterocycles. The van der Waals surface area contributed by atoms with Crippen molar-refractivity contribution in [3.8, 4) is 11.4 Å². The molecule has 0 aliphatic rings. The number of carboxylic acid groups (broad SMARTS) is 1. The highest BCUT2D eigenvalue weighted by molar-refractivity contribution is 9.10. The molecule has 2 aromatic rings. The van der Waals surface area contributed by atoms with Crippen LogP contribution in [0.4, 0.5) is 0 Å². The summed E-state index contributed by atoms with van der Waals surface area (Å²) in [6.45, 7) is 3.60. The van der Waals surface area contributed by atoms with Gasteiger partial charge in [0.15, 0.2) is 0 Å². The number of nitrogens with zero attached hydrogens (tertiary/aromatic N) is 1. The third-order valence-corrected chi connectivity index (χ3v) is 3.85. The van der Waals surface area contributed by atoms with Crippen LogP contribution in [0, 0.1) is 13.8 Å². The van der Waals surface area contributed by atoms with Crippen LogP contribution < -0.4 is 5.56 Å². The van der Waals surface area contributed by atoms with Crippen LogP contribution in [0.3, 0.4) is 0 Å². The zero-order valence-corrected chi connectivity index (χ0v) is 12.6. The van der Waals surface area contributed by atoms with Gasteiger partial charge in [0, 0.05) is 21.3 Å². The van der Waals surface area contributed by atoms with E-state index in [1.807, 2.05) is 25.1 Å². The van der Waals surface area contributed by atoms with E-state index < -0.39 is 11.5 Å². The number of rotatable bonds is 3. The third-order valence-electron chi connectivity index (χ3n) is 3.00. The first-order valence-electron chi connectivity index (χ1n) is 5.96. The number of H-pyrrole nitrogens is 1. The van der Waals surface area contributed by atoms with Crippen molar-refractivity contribution >= 4 is 21.9 Å². The van der Waals surface area contributed by atoms with Crippen LogP contribution in [0.25, 0.3) is 11.4 Å². The lowest BCUT2D eigenvalue weighted by Crippen LogP contribution is -2.20. The van der Waals surface area contributed by atoms with E-state index in [0.717, 1.165) is 15.6 Å². The predicted octanol–water partition coefficient (Wildman–Crippen LogP) is 2.44. The second-order valence-electron chi connectivity index (χ2n) is 4.51. The second kappa shape index (κ2) is 5.58. The Balaban J connectivity index is 2.52. The highest BCUT2D eigenvalue weighted by Gasteiger charge is 2.12. The van der Waals surface area contributed by atoms with Gasteiger partial charge in [-0.15, -0.1) is 0 Å². The zero-order valence-electron chi connectivity index (χ0n) is 11.0. The van der Waals surface area contributed by atoms with Gasteiger partial charge in [-0.1, -0.05) is 28.1 Å². The molecule has 0 aliphatic carbocycles. The Morgan fingerprint density at radius 3 is 2.65 bits per heavy atom. The number of nitrogens with one attached hydrogen (secondary N) is 1. The standard InChI is InChI=1S/C14H13BrN2O3/c1-7-3-4-9(5-11(7)15)13-16-8(2)10(6-12(18)19)14(20)17-13/h3-5H,6H2,1-2H3,(H,18,19)(H,16,17,20). The fourth-order valence-electron chi connectivity index (χ4n) is 1.85. The number of halogens is 1. The normalized spacial score (nSPS) is 10.6. The van der Waals surface area contributed by atoms with Gasteiger partial charge in [-0.25, -0.2) is 4.98 Å². The number of hydrogen-bond acceptors (Lipinski definition) is 3. The van der Waals surface area contributed by atoms with Gasteiger partial charge in [0.05, 0.1) is 6.42 Å². The van der Waals surface area contributed by atoms with E-state index in [0.29, 0.717) is 11.5 Å². The van der Waals surface area contributed by atoms with Crippen LogP contribution >= 0.6 is 15.9 Å². The first-order valence-corrected chi connectivity index (χ1v) is 6.76. The largest absolute Gasteiger partial charge is 0.481 e. The maximum Gasteiger partial charge on any atom is 0.308 e. The average Bonchev–Trinajstić information content (AvgIpc) is 2.36. The minimum atomic E-state index is -1.05. The molecule has 5 nitrogen and oxygen atoms in total. The summed E-state index contributed by atoms with van der Waals surface area (Å²) in [5.74, 6) is -0.617. The van der Waals surface area contributed by atoms with Crippen LogP contribution in [0.5, 0.6) is 0 Å². The summed E-state index contributed by atoms with van der Waals surface area (Å²) in [5, 5.41) is 8.78. The third kappa shape index (κ3) is 2.96. The molecule has 1 heterocycles. The quantitative estimate of drug-likeness (QED) is 0.901. The molecule has 0 atom stereocenters. The van der Waals surface area contributed by atoms with E-state index in [4.69, 9.17) is 5.11 Å². The van der Waals surface area contributed by atoms with Crippen molar-refractivity contribution in [1.29, 1.82) is 0 Å². The van der Waals surface area contributed by atoms with Crippen molar-refractivity contribution in [2.45, 2.75) is 20.3 Å². The summed E-state index contributed by atoms with van der Waals surface area (Å²) in [4.78, 5) is 29.6. The first kappa shape index (κ1) is 14.5. The Morgan fingerprint density at radius 1 is 1.40 bits per heavy atom. The van der Waals surface area contributed by atoms with Crippen molar-refractivity contribution in [2.24, 2.45) is 0 Å². The molecule has 0 saturated carbocycles. The van der Waals surface area contributed by atoms with E-state index in [1.54, 1.807) is 6.92 Å². The van der Waals surface area contributed by atoms with E-state index in [9.17, 15) is 9.59 Å². The Hall–Kier alpha value is -1.95. The molecule has 0 radical (unpaired) electrons. The molecule has 104 valence electrons. The predicted molar refractivity (Wildman–Crippen MR) is 78.8 cm³/mol. The molecular weight excluding hydrogens is 324 g/mol. The minimum Gasteiger partial charge on any atom is -0.481 e. The summed E-state index contributed by atoms with van der Waals surface area (Å²) in [6, 6.07) is 5.64. The Kier molecular flexibility index (Phi) is 4.04. The topological polar surface area (TPSA) is 83.0 Å². The number of carbonyl (C=O) groups is 1. The molecule has 0 spiro atoms. The molecule has 2 N–H and O–H groups in total. The number of aryl methyl sites for hydroxylation is 2. The van der Waals surface area contributed by atoms with Crippen LogP contribution in [0.1, 0.15) is 16.8 Å². The van der Waals surface area contributed by atoms with E-state index in [2.05, 4.69) is 25.9 Å². The number of aromatic nitrogens is 2.